The van der Waals surface area contributed by atoms with Crippen LogP contribution in [0.25, 0.3) is 0 Å². The van der Waals surface area contributed by atoms with E-state index in [0.717, 1.165) is 15.6 Å². The third-order valence-electron chi connectivity index (χ3n) is 6.38. The van der Waals surface area contributed by atoms with Gasteiger partial charge in [-0.25, -0.2) is 9.38 Å². The van der Waals surface area contributed by atoms with E-state index in [4.69, 9.17) is 19.6 Å². The van der Waals surface area contributed by atoms with Gasteiger partial charge in [-0.15, -0.1) is 0 Å². The first-order valence-electron chi connectivity index (χ1n) is 12.3. The lowest BCUT2D eigenvalue weighted by Gasteiger charge is -2.28. The Balaban J connectivity index is 1.57. The molecule has 6 nitrogen and oxygen atoms in total. The number of aliphatic hydroxyl groups is 1. The van der Waals surface area contributed by atoms with Crippen LogP contribution in [0.5, 0.6) is 5.75 Å². The Morgan fingerprint density at radius 3 is 2.51 bits per heavy atom. The van der Waals surface area contributed by atoms with E-state index in [-0.39, 0.29) is 24.9 Å². The van der Waals surface area contributed by atoms with Gasteiger partial charge < -0.3 is 19.9 Å². The number of nitrogens with zero attached hydrogens (tertiary/aromatic N) is 1. The van der Waals surface area contributed by atoms with Crippen LogP contribution < -0.4 is 10.1 Å². The van der Waals surface area contributed by atoms with Crippen molar-refractivity contribution >= 4 is 27.7 Å². The molecule has 2 atom stereocenters. The van der Waals surface area contributed by atoms with Gasteiger partial charge in [0.05, 0.1) is 6.61 Å². The Kier molecular flexibility index (Phi) is 8.95. The predicted molar refractivity (Wildman–Crippen MR) is 144 cm³/mol. The molecule has 4 rings (SSSR count). The summed E-state index contributed by atoms with van der Waals surface area (Å²) in [7, 11) is 0. The molecular formula is C29H30BrFN2O4. The van der Waals surface area contributed by atoms with E-state index in [0.29, 0.717) is 43.1 Å². The summed E-state index contributed by atoms with van der Waals surface area (Å²) in [6.07, 6.45) is 0.710. The first kappa shape index (κ1) is 26.8. The summed E-state index contributed by atoms with van der Waals surface area (Å²) < 4.78 is 26.7. The number of aliphatic hydroxyl groups excluding tert-OH is 1. The normalized spacial score (nSPS) is 18.7. The van der Waals surface area contributed by atoms with Crippen LogP contribution in [0.1, 0.15) is 30.0 Å². The topological polar surface area (TPSA) is 80.2 Å². The van der Waals surface area contributed by atoms with Crippen LogP contribution in [0.2, 0.25) is 0 Å². The molecule has 37 heavy (non-hydrogen) atoms. The average Bonchev–Trinajstić information content (AvgIpc) is 3.24. The number of benzene rings is 3. The summed E-state index contributed by atoms with van der Waals surface area (Å²) >= 11 is 3.59. The van der Waals surface area contributed by atoms with Crippen LogP contribution >= 0.6 is 15.9 Å². The first-order valence-corrected chi connectivity index (χ1v) is 13.1. The lowest BCUT2D eigenvalue weighted by molar-refractivity contribution is -0.128. The molecule has 8 heteroatoms. The van der Waals surface area contributed by atoms with Crippen LogP contribution in [0.15, 0.2) is 82.3 Å². The zero-order chi connectivity index (χ0) is 26.3. The number of hydrogen-bond acceptors (Lipinski definition) is 5. The number of amides is 1. The molecule has 0 fully saturated rings. The number of ether oxygens (including phenoxy) is 2. The molecular weight excluding hydrogens is 539 g/mol. The second-order valence-corrected chi connectivity index (χ2v) is 9.77. The molecule has 1 amide bonds. The van der Waals surface area contributed by atoms with Crippen molar-refractivity contribution in [3.8, 4) is 5.75 Å². The van der Waals surface area contributed by atoms with Crippen molar-refractivity contribution in [3.63, 3.8) is 0 Å². The van der Waals surface area contributed by atoms with E-state index in [9.17, 15) is 9.18 Å². The zero-order valence-electron chi connectivity index (χ0n) is 20.6. The highest BCUT2D eigenvalue weighted by Crippen LogP contribution is 2.34. The summed E-state index contributed by atoms with van der Waals surface area (Å²) in [5.74, 6) is 0.493. The fourth-order valence-corrected chi connectivity index (χ4v) is 4.67. The monoisotopic (exact) mass is 568 g/mol. The van der Waals surface area contributed by atoms with E-state index < -0.39 is 11.6 Å². The van der Waals surface area contributed by atoms with Crippen molar-refractivity contribution < 1.29 is 23.8 Å². The van der Waals surface area contributed by atoms with Crippen molar-refractivity contribution in [2.75, 3.05) is 19.8 Å². The summed E-state index contributed by atoms with van der Waals surface area (Å²) in [4.78, 5) is 18.6. The molecule has 0 radical (unpaired) electrons. The maximum Gasteiger partial charge on any atom is 0.252 e. The van der Waals surface area contributed by atoms with E-state index >= 15 is 0 Å². The second-order valence-electron chi connectivity index (χ2n) is 8.92. The van der Waals surface area contributed by atoms with E-state index in [1.807, 2.05) is 55.5 Å². The Morgan fingerprint density at radius 2 is 1.81 bits per heavy atom. The van der Waals surface area contributed by atoms with Crippen molar-refractivity contribution in [1.29, 1.82) is 0 Å². The molecule has 0 saturated heterocycles. The zero-order valence-corrected chi connectivity index (χ0v) is 22.2. The Morgan fingerprint density at radius 1 is 1.11 bits per heavy atom. The SMILES string of the molecule is C[C@H]1OC(c2ccc(OCCCO)cc2)=N[C@@]1(Cc1ccccc1Br)C(=O)NCCc1ccccc1F. The first-order chi connectivity index (χ1) is 17.9. The molecule has 2 N–H and O–H groups in total. The Bertz CT molecular complexity index is 1250. The van der Waals surface area contributed by atoms with E-state index in [2.05, 4.69) is 21.2 Å². The van der Waals surface area contributed by atoms with E-state index in [1.165, 1.54) is 6.07 Å². The number of aliphatic imine (C=N–C) groups is 1. The number of carbonyl (C=O) groups excluding carboxylic acids is 1. The van der Waals surface area contributed by atoms with Crippen molar-refractivity contribution in [1.82, 2.24) is 5.32 Å². The van der Waals surface area contributed by atoms with Gasteiger partial charge in [-0.05, 0) is 60.9 Å². The minimum absolute atomic E-state index is 0.0720. The summed E-state index contributed by atoms with van der Waals surface area (Å²) in [5, 5.41) is 11.9. The smallest absolute Gasteiger partial charge is 0.252 e. The molecule has 194 valence electrons. The molecule has 3 aromatic carbocycles. The van der Waals surface area contributed by atoms with Crippen LogP contribution in [-0.4, -0.2) is 48.3 Å². The largest absolute Gasteiger partial charge is 0.494 e. The Labute approximate surface area is 224 Å². The number of hydrogen-bond donors (Lipinski definition) is 2. The van der Waals surface area contributed by atoms with Gasteiger partial charge in [-0.2, -0.15) is 0 Å². The molecule has 1 heterocycles. The molecule has 0 spiro atoms. The molecule has 3 aromatic rings. The number of halogens is 2. The number of rotatable bonds is 11. The van der Waals surface area contributed by atoms with Gasteiger partial charge in [0, 0.05) is 36.0 Å². The second kappa shape index (κ2) is 12.3. The van der Waals surface area contributed by atoms with Crippen molar-refractivity contribution in [2.45, 2.75) is 37.8 Å². The highest BCUT2D eigenvalue weighted by molar-refractivity contribution is 9.10. The third kappa shape index (κ3) is 6.37. The molecule has 0 saturated carbocycles. The number of nitrogens with one attached hydrogen (secondary N) is 1. The lowest BCUT2D eigenvalue weighted by Crippen LogP contribution is -2.53. The maximum absolute atomic E-state index is 14.1. The minimum atomic E-state index is -1.20. The average molecular weight is 569 g/mol. The highest BCUT2D eigenvalue weighted by Gasteiger charge is 2.50. The van der Waals surface area contributed by atoms with Crippen molar-refractivity contribution in [2.24, 2.45) is 4.99 Å². The highest BCUT2D eigenvalue weighted by atomic mass is 79.9. The molecule has 1 aliphatic rings. The molecule has 1 aliphatic heterocycles. The van der Waals surface area contributed by atoms with E-state index in [1.54, 1.807) is 18.2 Å². The summed E-state index contributed by atoms with van der Waals surface area (Å²) in [6, 6.07) is 21.6. The van der Waals surface area contributed by atoms with Crippen LogP contribution in [0.4, 0.5) is 4.39 Å². The van der Waals surface area contributed by atoms with Gasteiger partial charge in [-0.3, -0.25) is 4.79 Å². The fraction of sp³-hybridized carbons (Fsp3) is 0.310. The fourth-order valence-electron chi connectivity index (χ4n) is 4.24. The predicted octanol–water partition coefficient (Wildman–Crippen LogP) is 4.86. The van der Waals surface area contributed by atoms with Crippen LogP contribution in [0, 0.1) is 5.82 Å². The lowest BCUT2D eigenvalue weighted by atomic mass is 9.86. The van der Waals surface area contributed by atoms with Crippen LogP contribution in [0.3, 0.4) is 0 Å². The van der Waals surface area contributed by atoms with Crippen molar-refractivity contribution in [3.05, 3.63) is 99.8 Å². The maximum atomic E-state index is 14.1. The van der Waals surface area contributed by atoms with Gasteiger partial charge in [0.15, 0.2) is 5.54 Å². The molecule has 0 aliphatic carbocycles. The summed E-state index contributed by atoms with van der Waals surface area (Å²) in [6.45, 7) is 2.61. The number of carbonyl (C=O) groups is 1. The summed E-state index contributed by atoms with van der Waals surface area (Å²) in [5.41, 5.74) is 1.00. The third-order valence-corrected chi connectivity index (χ3v) is 7.16. The van der Waals surface area contributed by atoms with Gasteiger partial charge in [-0.1, -0.05) is 52.3 Å². The molecule has 0 aromatic heterocycles. The molecule has 0 unspecified atom stereocenters. The van der Waals surface area contributed by atoms with Crippen LogP contribution in [-0.2, 0) is 22.4 Å². The van der Waals surface area contributed by atoms with Gasteiger partial charge >= 0.3 is 0 Å². The van der Waals surface area contributed by atoms with Gasteiger partial charge in [0.25, 0.3) is 5.91 Å². The van der Waals surface area contributed by atoms with Gasteiger partial charge in [0.2, 0.25) is 5.90 Å². The molecule has 0 bridgehead atoms. The minimum Gasteiger partial charge on any atom is -0.494 e. The Hall–Kier alpha value is -3.23. The quantitative estimate of drug-likeness (QED) is 0.324. The standard InChI is InChI=1S/C29H30BrFN2O4/c1-20-29(19-23-8-2-4-9-25(23)30,28(35)32-16-15-21-7-3-5-10-26(21)31)33-27(37-20)22-11-13-24(14-12-22)36-18-6-17-34/h2-5,7-14,20,34H,6,15-19H2,1H3,(H,32,35)/t20-,29-/m1/s1. The van der Waals surface area contributed by atoms with Gasteiger partial charge in [0.1, 0.15) is 17.7 Å².